The summed E-state index contributed by atoms with van der Waals surface area (Å²) in [5.74, 6) is 0.374. The van der Waals surface area contributed by atoms with Gasteiger partial charge in [-0.2, -0.15) is 0 Å². The first kappa shape index (κ1) is 18.9. The van der Waals surface area contributed by atoms with E-state index in [1.165, 1.54) is 0 Å². The molecule has 2 unspecified atom stereocenters. The Morgan fingerprint density at radius 3 is 2.63 bits per heavy atom. The van der Waals surface area contributed by atoms with Crippen molar-refractivity contribution in [1.29, 1.82) is 0 Å². The Bertz CT molecular complexity index is 829. The number of amides is 2. The number of carbonyl (C=O) groups excluding carboxylic acids is 2. The van der Waals surface area contributed by atoms with E-state index in [2.05, 4.69) is 17.5 Å². The smallest absolute Gasteiger partial charge is 0.255 e. The van der Waals surface area contributed by atoms with Gasteiger partial charge in [-0.25, -0.2) is 0 Å². The van der Waals surface area contributed by atoms with Crippen LogP contribution in [-0.4, -0.2) is 23.8 Å². The maximum atomic E-state index is 12.6. The second-order valence-corrected chi connectivity index (χ2v) is 7.10. The highest BCUT2D eigenvalue weighted by Crippen LogP contribution is 2.26. The molecule has 0 aliphatic heterocycles. The standard InChI is InChI=1S/C23H26N2O2/c1-17(25(2)22(26)15-18-9-6-7-10-18)20-13-8-14-21(16-20)24-23(27)19-11-4-3-5-12-19/h3-6,8-9,11-14,16-18H,7,10,15H2,1-2H3,(H,24,27). The van der Waals surface area contributed by atoms with E-state index in [1.807, 2.05) is 56.4 Å². The summed E-state index contributed by atoms with van der Waals surface area (Å²) < 4.78 is 0. The molecule has 1 aliphatic carbocycles. The maximum Gasteiger partial charge on any atom is 0.255 e. The number of anilines is 1. The molecule has 2 atom stereocenters. The van der Waals surface area contributed by atoms with Crippen LogP contribution in [0.2, 0.25) is 0 Å². The third-order valence-corrected chi connectivity index (χ3v) is 5.19. The van der Waals surface area contributed by atoms with Crippen LogP contribution in [0.5, 0.6) is 0 Å². The number of carbonyl (C=O) groups is 2. The van der Waals surface area contributed by atoms with Crippen LogP contribution in [0.25, 0.3) is 0 Å². The van der Waals surface area contributed by atoms with Crippen molar-refractivity contribution in [1.82, 2.24) is 4.90 Å². The van der Waals surface area contributed by atoms with E-state index in [-0.39, 0.29) is 17.9 Å². The van der Waals surface area contributed by atoms with Gasteiger partial charge in [0.15, 0.2) is 0 Å². The molecule has 0 aromatic heterocycles. The van der Waals surface area contributed by atoms with Crippen LogP contribution in [0, 0.1) is 5.92 Å². The fourth-order valence-corrected chi connectivity index (χ4v) is 3.34. The number of nitrogens with one attached hydrogen (secondary N) is 1. The summed E-state index contributed by atoms with van der Waals surface area (Å²) in [4.78, 5) is 26.7. The number of allylic oxidation sites excluding steroid dienone is 2. The second-order valence-electron chi connectivity index (χ2n) is 7.10. The van der Waals surface area contributed by atoms with Crippen molar-refractivity contribution in [2.24, 2.45) is 5.92 Å². The SMILES string of the molecule is CC(c1cccc(NC(=O)c2ccccc2)c1)N(C)C(=O)CC1C=CCC1. The molecule has 1 N–H and O–H groups in total. The van der Waals surface area contributed by atoms with Gasteiger partial charge in [-0.05, 0) is 55.5 Å². The third kappa shape index (κ3) is 4.85. The van der Waals surface area contributed by atoms with E-state index < -0.39 is 0 Å². The van der Waals surface area contributed by atoms with E-state index in [0.29, 0.717) is 17.9 Å². The zero-order chi connectivity index (χ0) is 19.2. The summed E-state index contributed by atoms with van der Waals surface area (Å²) in [5.41, 5.74) is 2.35. The van der Waals surface area contributed by atoms with Gasteiger partial charge in [-0.15, -0.1) is 0 Å². The van der Waals surface area contributed by atoms with E-state index >= 15 is 0 Å². The quantitative estimate of drug-likeness (QED) is 0.749. The number of nitrogens with zero attached hydrogens (tertiary/aromatic N) is 1. The molecular weight excluding hydrogens is 336 g/mol. The molecule has 0 fully saturated rings. The van der Waals surface area contributed by atoms with E-state index in [4.69, 9.17) is 0 Å². The molecule has 0 spiro atoms. The van der Waals surface area contributed by atoms with Gasteiger partial charge < -0.3 is 10.2 Å². The maximum absolute atomic E-state index is 12.6. The molecule has 2 amide bonds. The molecule has 0 radical (unpaired) electrons. The van der Waals surface area contributed by atoms with Gasteiger partial charge in [0, 0.05) is 24.7 Å². The van der Waals surface area contributed by atoms with Crippen molar-refractivity contribution in [3.05, 3.63) is 77.9 Å². The van der Waals surface area contributed by atoms with Gasteiger partial charge in [0.05, 0.1) is 6.04 Å². The average molecular weight is 362 g/mol. The summed E-state index contributed by atoms with van der Waals surface area (Å²) in [6, 6.07) is 16.8. The Morgan fingerprint density at radius 1 is 1.15 bits per heavy atom. The molecule has 1 aliphatic rings. The first-order valence-electron chi connectivity index (χ1n) is 9.43. The predicted octanol–water partition coefficient (Wildman–Crippen LogP) is 4.81. The molecule has 0 saturated heterocycles. The largest absolute Gasteiger partial charge is 0.339 e. The van der Waals surface area contributed by atoms with Crippen molar-refractivity contribution in [2.45, 2.75) is 32.2 Å². The number of hydrogen-bond acceptors (Lipinski definition) is 2. The van der Waals surface area contributed by atoms with Crippen LogP contribution >= 0.6 is 0 Å². The zero-order valence-electron chi connectivity index (χ0n) is 15.9. The van der Waals surface area contributed by atoms with Gasteiger partial charge in [-0.1, -0.05) is 42.5 Å². The summed E-state index contributed by atoms with van der Waals surface area (Å²) in [7, 11) is 1.85. The van der Waals surface area contributed by atoms with E-state index in [1.54, 1.807) is 17.0 Å². The lowest BCUT2D eigenvalue weighted by Crippen LogP contribution is -2.30. The lowest BCUT2D eigenvalue weighted by atomic mass is 10.0. The minimum atomic E-state index is -0.141. The van der Waals surface area contributed by atoms with Crippen LogP contribution < -0.4 is 5.32 Å². The highest BCUT2D eigenvalue weighted by atomic mass is 16.2. The van der Waals surface area contributed by atoms with Crippen LogP contribution in [0.3, 0.4) is 0 Å². The molecule has 2 aromatic carbocycles. The first-order valence-corrected chi connectivity index (χ1v) is 9.43. The monoisotopic (exact) mass is 362 g/mol. The normalized spacial score (nSPS) is 16.7. The van der Waals surface area contributed by atoms with Gasteiger partial charge in [0.25, 0.3) is 5.91 Å². The van der Waals surface area contributed by atoms with Crippen molar-refractivity contribution in [2.75, 3.05) is 12.4 Å². The molecule has 2 aromatic rings. The molecule has 0 bridgehead atoms. The summed E-state index contributed by atoms with van der Waals surface area (Å²) in [6.07, 6.45) is 6.99. The van der Waals surface area contributed by atoms with Gasteiger partial charge in [0.2, 0.25) is 5.91 Å². The lowest BCUT2D eigenvalue weighted by Gasteiger charge is -2.26. The molecule has 4 nitrogen and oxygen atoms in total. The zero-order valence-corrected chi connectivity index (χ0v) is 15.9. The van der Waals surface area contributed by atoms with Crippen molar-refractivity contribution >= 4 is 17.5 Å². The number of hydrogen-bond donors (Lipinski definition) is 1. The van der Waals surface area contributed by atoms with Crippen LogP contribution in [-0.2, 0) is 4.79 Å². The van der Waals surface area contributed by atoms with E-state index in [9.17, 15) is 9.59 Å². The average Bonchev–Trinajstić information content (AvgIpc) is 3.20. The summed E-state index contributed by atoms with van der Waals surface area (Å²) in [5, 5.41) is 2.93. The Balaban J connectivity index is 1.65. The highest BCUT2D eigenvalue weighted by molar-refractivity contribution is 6.04. The molecule has 3 rings (SSSR count). The van der Waals surface area contributed by atoms with Crippen LogP contribution in [0.4, 0.5) is 5.69 Å². The Morgan fingerprint density at radius 2 is 1.93 bits per heavy atom. The second kappa shape index (κ2) is 8.67. The topological polar surface area (TPSA) is 49.4 Å². The summed E-state index contributed by atoms with van der Waals surface area (Å²) in [6.45, 7) is 2.01. The van der Waals surface area contributed by atoms with Crippen molar-refractivity contribution in [3.63, 3.8) is 0 Å². The number of rotatable bonds is 6. The molecule has 0 saturated carbocycles. The molecular formula is C23H26N2O2. The Hall–Kier alpha value is -2.88. The lowest BCUT2D eigenvalue weighted by molar-refractivity contribution is -0.132. The van der Waals surface area contributed by atoms with Gasteiger partial charge >= 0.3 is 0 Å². The molecule has 0 heterocycles. The predicted molar refractivity (Wildman–Crippen MR) is 109 cm³/mol. The Kier molecular flexibility index (Phi) is 6.07. The fraction of sp³-hybridized carbons (Fsp3) is 0.304. The third-order valence-electron chi connectivity index (χ3n) is 5.19. The summed E-state index contributed by atoms with van der Waals surface area (Å²) >= 11 is 0. The first-order chi connectivity index (χ1) is 13.0. The van der Waals surface area contributed by atoms with Crippen molar-refractivity contribution < 1.29 is 9.59 Å². The number of benzene rings is 2. The van der Waals surface area contributed by atoms with Crippen LogP contribution in [0.1, 0.15) is 48.1 Å². The van der Waals surface area contributed by atoms with Gasteiger partial charge in [-0.3, -0.25) is 9.59 Å². The van der Waals surface area contributed by atoms with Gasteiger partial charge in [0.1, 0.15) is 0 Å². The van der Waals surface area contributed by atoms with Crippen LogP contribution in [0.15, 0.2) is 66.7 Å². The molecule has 140 valence electrons. The molecule has 27 heavy (non-hydrogen) atoms. The minimum absolute atomic E-state index is 0.0588. The van der Waals surface area contributed by atoms with E-state index in [0.717, 1.165) is 24.1 Å². The van der Waals surface area contributed by atoms with Crippen molar-refractivity contribution in [3.8, 4) is 0 Å². The minimum Gasteiger partial charge on any atom is -0.339 e. The molecule has 4 heteroatoms. The fourth-order valence-electron chi connectivity index (χ4n) is 3.34. The highest BCUT2D eigenvalue weighted by Gasteiger charge is 2.21. The Labute approximate surface area is 160 Å².